The van der Waals surface area contributed by atoms with Crippen LogP contribution in [0.1, 0.15) is 11.6 Å². The van der Waals surface area contributed by atoms with Crippen molar-refractivity contribution in [2.24, 2.45) is 0 Å². The third-order valence-corrected chi connectivity index (χ3v) is 4.48. The minimum Gasteiger partial charge on any atom is -0.339 e. The SMILES string of the molecule is CN1CCN(C(=S)Nc2ccccc2F)[C@@H](c2ccccc2)C1. The minimum absolute atomic E-state index is 0.168. The van der Waals surface area contributed by atoms with Gasteiger partial charge in [-0.3, -0.25) is 0 Å². The first-order chi connectivity index (χ1) is 11.1. The fourth-order valence-corrected chi connectivity index (χ4v) is 3.20. The van der Waals surface area contributed by atoms with Crippen molar-refractivity contribution < 1.29 is 4.39 Å². The summed E-state index contributed by atoms with van der Waals surface area (Å²) < 4.78 is 13.9. The van der Waals surface area contributed by atoms with Crippen molar-refractivity contribution in [3.05, 3.63) is 66.0 Å². The van der Waals surface area contributed by atoms with E-state index in [1.807, 2.05) is 18.2 Å². The quantitative estimate of drug-likeness (QED) is 0.850. The van der Waals surface area contributed by atoms with E-state index in [0.717, 1.165) is 19.6 Å². The van der Waals surface area contributed by atoms with Crippen LogP contribution in [-0.2, 0) is 0 Å². The Bertz CT molecular complexity index is 677. The van der Waals surface area contributed by atoms with Crippen LogP contribution in [-0.4, -0.2) is 41.6 Å². The normalized spacial score (nSPS) is 18.7. The number of halogens is 1. The Balaban J connectivity index is 1.81. The third kappa shape index (κ3) is 3.68. The Hall–Kier alpha value is -1.98. The molecule has 1 aliphatic heterocycles. The van der Waals surface area contributed by atoms with Gasteiger partial charge in [0.05, 0.1) is 11.7 Å². The molecule has 0 bridgehead atoms. The lowest BCUT2D eigenvalue weighted by atomic mass is 10.0. The van der Waals surface area contributed by atoms with Crippen molar-refractivity contribution in [1.29, 1.82) is 0 Å². The smallest absolute Gasteiger partial charge is 0.174 e. The fraction of sp³-hybridized carbons (Fsp3) is 0.278. The van der Waals surface area contributed by atoms with Crippen LogP contribution in [0.2, 0.25) is 0 Å². The number of hydrogen-bond donors (Lipinski definition) is 1. The van der Waals surface area contributed by atoms with E-state index in [4.69, 9.17) is 12.2 Å². The Morgan fingerprint density at radius 3 is 2.52 bits per heavy atom. The van der Waals surface area contributed by atoms with E-state index >= 15 is 0 Å². The van der Waals surface area contributed by atoms with E-state index < -0.39 is 0 Å². The van der Waals surface area contributed by atoms with Gasteiger partial charge in [-0.05, 0) is 37.0 Å². The van der Waals surface area contributed by atoms with E-state index in [1.54, 1.807) is 18.2 Å². The van der Waals surface area contributed by atoms with E-state index in [-0.39, 0.29) is 11.9 Å². The summed E-state index contributed by atoms with van der Waals surface area (Å²) in [4.78, 5) is 4.44. The molecule has 2 aromatic rings. The van der Waals surface area contributed by atoms with Crippen LogP contribution in [0.3, 0.4) is 0 Å². The van der Waals surface area contributed by atoms with Crippen molar-refractivity contribution in [2.75, 3.05) is 32.0 Å². The molecule has 1 N–H and O–H groups in total. The molecule has 1 aliphatic rings. The average molecular weight is 329 g/mol. The second-order valence-electron chi connectivity index (χ2n) is 5.79. The molecule has 23 heavy (non-hydrogen) atoms. The number of hydrogen-bond acceptors (Lipinski definition) is 2. The van der Waals surface area contributed by atoms with E-state index in [2.05, 4.69) is 34.3 Å². The van der Waals surface area contributed by atoms with Gasteiger partial charge in [0.2, 0.25) is 0 Å². The predicted molar refractivity (Wildman–Crippen MR) is 96.0 cm³/mol. The molecule has 120 valence electrons. The number of para-hydroxylation sites is 1. The second kappa shape index (κ2) is 7.06. The molecule has 5 heteroatoms. The van der Waals surface area contributed by atoms with Crippen LogP contribution in [0.15, 0.2) is 54.6 Å². The number of nitrogens with one attached hydrogen (secondary N) is 1. The topological polar surface area (TPSA) is 18.5 Å². The molecule has 0 aliphatic carbocycles. The summed E-state index contributed by atoms with van der Waals surface area (Å²) in [7, 11) is 2.11. The maximum Gasteiger partial charge on any atom is 0.174 e. The Labute approximate surface area is 141 Å². The summed E-state index contributed by atoms with van der Waals surface area (Å²) >= 11 is 5.56. The number of benzene rings is 2. The van der Waals surface area contributed by atoms with Crippen molar-refractivity contribution in [2.45, 2.75) is 6.04 Å². The number of rotatable bonds is 2. The van der Waals surface area contributed by atoms with Gasteiger partial charge in [0.15, 0.2) is 5.11 Å². The van der Waals surface area contributed by atoms with Crippen LogP contribution < -0.4 is 5.32 Å². The second-order valence-corrected chi connectivity index (χ2v) is 6.18. The molecule has 2 aromatic carbocycles. The number of thiocarbonyl (C=S) groups is 1. The Morgan fingerprint density at radius 1 is 1.09 bits per heavy atom. The van der Waals surface area contributed by atoms with Gasteiger partial charge in [-0.2, -0.15) is 0 Å². The van der Waals surface area contributed by atoms with Crippen molar-refractivity contribution >= 4 is 23.0 Å². The summed E-state index contributed by atoms with van der Waals surface area (Å²) in [6.07, 6.45) is 0. The molecule has 0 unspecified atom stereocenters. The zero-order valence-corrected chi connectivity index (χ0v) is 13.9. The van der Waals surface area contributed by atoms with E-state index in [1.165, 1.54) is 11.6 Å². The number of anilines is 1. The van der Waals surface area contributed by atoms with Crippen molar-refractivity contribution in [1.82, 2.24) is 9.80 Å². The van der Waals surface area contributed by atoms with Gasteiger partial charge in [0.25, 0.3) is 0 Å². The van der Waals surface area contributed by atoms with E-state index in [9.17, 15) is 4.39 Å². The maximum absolute atomic E-state index is 13.9. The molecule has 0 spiro atoms. The molecule has 0 radical (unpaired) electrons. The summed E-state index contributed by atoms with van der Waals surface area (Å²) in [5.74, 6) is -0.291. The minimum atomic E-state index is -0.291. The molecule has 1 saturated heterocycles. The average Bonchev–Trinajstić information content (AvgIpc) is 2.57. The highest BCUT2D eigenvalue weighted by Crippen LogP contribution is 2.26. The zero-order chi connectivity index (χ0) is 16.2. The standard InChI is InChI=1S/C18H20FN3S/c1-21-11-12-22(17(13-21)14-7-3-2-4-8-14)18(23)20-16-10-6-5-9-15(16)19/h2-10,17H,11-13H2,1H3,(H,20,23)/t17-/m1/s1. The largest absolute Gasteiger partial charge is 0.339 e. The number of piperazine rings is 1. The molecule has 1 fully saturated rings. The van der Waals surface area contributed by atoms with Gasteiger partial charge in [0.1, 0.15) is 5.82 Å². The summed E-state index contributed by atoms with van der Waals surface area (Å²) in [6, 6.07) is 17.1. The van der Waals surface area contributed by atoms with Gasteiger partial charge in [0, 0.05) is 19.6 Å². The van der Waals surface area contributed by atoms with Crippen molar-refractivity contribution in [3.63, 3.8) is 0 Å². The molecular weight excluding hydrogens is 309 g/mol. The van der Waals surface area contributed by atoms with Crippen LogP contribution in [0.25, 0.3) is 0 Å². The molecule has 0 aromatic heterocycles. The van der Waals surface area contributed by atoms with Gasteiger partial charge in [-0.15, -0.1) is 0 Å². The number of nitrogens with zero attached hydrogens (tertiary/aromatic N) is 2. The zero-order valence-electron chi connectivity index (χ0n) is 13.1. The van der Waals surface area contributed by atoms with Crippen LogP contribution in [0.4, 0.5) is 10.1 Å². The molecule has 1 atom stereocenters. The first-order valence-electron chi connectivity index (χ1n) is 7.71. The Morgan fingerprint density at radius 2 is 1.78 bits per heavy atom. The van der Waals surface area contributed by atoms with Crippen LogP contribution >= 0.6 is 12.2 Å². The monoisotopic (exact) mass is 329 g/mol. The molecule has 3 nitrogen and oxygen atoms in total. The first kappa shape index (κ1) is 15.9. The van der Waals surface area contributed by atoms with Gasteiger partial charge in [-0.25, -0.2) is 4.39 Å². The predicted octanol–water partition coefficient (Wildman–Crippen LogP) is 3.51. The molecule has 0 saturated carbocycles. The van der Waals surface area contributed by atoms with Crippen LogP contribution in [0, 0.1) is 5.82 Å². The Kier molecular flexibility index (Phi) is 4.88. The number of likely N-dealkylation sites (N-methyl/N-ethyl adjacent to an activating group) is 1. The van der Waals surface area contributed by atoms with Gasteiger partial charge in [-0.1, -0.05) is 42.5 Å². The lowest BCUT2D eigenvalue weighted by molar-refractivity contribution is 0.153. The lowest BCUT2D eigenvalue weighted by Gasteiger charge is -2.41. The van der Waals surface area contributed by atoms with Crippen molar-refractivity contribution in [3.8, 4) is 0 Å². The highest BCUT2D eigenvalue weighted by molar-refractivity contribution is 7.80. The van der Waals surface area contributed by atoms with Crippen LogP contribution in [0.5, 0.6) is 0 Å². The lowest BCUT2D eigenvalue weighted by Crippen LogP contribution is -2.50. The highest BCUT2D eigenvalue weighted by Gasteiger charge is 2.28. The van der Waals surface area contributed by atoms with Gasteiger partial charge < -0.3 is 15.1 Å². The molecular formula is C18H20FN3S. The van der Waals surface area contributed by atoms with E-state index in [0.29, 0.717) is 10.8 Å². The molecule has 1 heterocycles. The highest BCUT2D eigenvalue weighted by atomic mass is 32.1. The first-order valence-corrected chi connectivity index (χ1v) is 8.11. The summed E-state index contributed by atoms with van der Waals surface area (Å²) in [5.41, 5.74) is 1.64. The van der Waals surface area contributed by atoms with Gasteiger partial charge >= 0.3 is 0 Å². The molecule has 0 amide bonds. The fourth-order valence-electron chi connectivity index (χ4n) is 2.87. The summed E-state index contributed by atoms with van der Waals surface area (Å²) in [6.45, 7) is 2.64. The third-order valence-electron chi connectivity index (χ3n) is 4.14. The summed E-state index contributed by atoms with van der Waals surface area (Å²) in [5, 5.41) is 3.63. The molecule has 3 rings (SSSR count). The maximum atomic E-state index is 13.9.